The van der Waals surface area contributed by atoms with Gasteiger partial charge in [-0.05, 0) is 17.7 Å². The fourth-order valence-corrected chi connectivity index (χ4v) is 4.92. The molecule has 0 atom stereocenters. The highest BCUT2D eigenvalue weighted by atomic mass is 32.1. The second kappa shape index (κ2) is 11.2. The number of ether oxygens (including phenoxy) is 4. The predicted molar refractivity (Wildman–Crippen MR) is 125 cm³/mol. The zero-order chi connectivity index (χ0) is 23.1. The molecule has 0 aliphatic carbocycles. The van der Waals surface area contributed by atoms with E-state index in [1.54, 1.807) is 14.2 Å². The molecule has 3 heterocycles. The maximum absolute atomic E-state index is 12.9. The molecular formula is C23H32N4O5S. The van der Waals surface area contributed by atoms with E-state index in [2.05, 4.69) is 9.27 Å². The van der Waals surface area contributed by atoms with Crippen molar-refractivity contribution >= 4 is 22.6 Å². The van der Waals surface area contributed by atoms with Crippen LogP contribution >= 0.6 is 11.5 Å². The van der Waals surface area contributed by atoms with Crippen LogP contribution in [0.2, 0.25) is 0 Å². The summed E-state index contributed by atoms with van der Waals surface area (Å²) < 4.78 is 26.6. The molecule has 33 heavy (non-hydrogen) atoms. The first-order chi connectivity index (χ1) is 16.1. The van der Waals surface area contributed by atoms with Gasteiger partial charge >= 0.3 is 0 Å². The summed E-state index contributed by atoms with van der Waals surface area (Å²) in [6.07, 6.45) is 2.51. The van der Waals surface area contributed by atoms with E-state index < -0.39 is 5.79 Å². The fourth-order valence-electron chi connectivity index (χ4n) is 4.19. The Morgan fingerprint density at radius 3 is 2.73 bits per heavy atom. The van der Waals surface area contributed by atoms with Crippen LogP contribution in [0.3, 0.4) is 0 Å². The summed E-state index contributed by atoms with van der Waals surface area (Å²) in [5, 5.41) is 0.808. The Hall–Kier alpha value is -2.27. The van der Waals surface area contributed by atoms with E-state index in [1.165, 1.54) is 11.5 Å². The molecule has 4 rings (SSSR count). The van der Waals surface area contributed by atoms with Crippen LogP contribution in [0.15, 0.2) is 24.3 Å². The number of anilines is 1. The predicted octanol–water partition coefficient (Wildman–Crippen LogP) is 2.35. The Morgan fingerprint density at radius 1 is 1.21 bits per heavy atom. The van der Waals surface area contributed by atoms with Crippen molar-refractivity contribution in [1.82, 2.24) is 14.3 Å². The first-order valence-electron chi connectivity index (χ1n) is 11.4. The number of methoxy groups -OCH3 is 2. The van der Waals surface area contributed by atoms with Gasteiger partial charge in [-0.3, -0.25) is 4.79 Å². The second-order valence-electron chi connectivity index (χ2n) is 8.24. The number of hydrogen-bond donors (Lipinski definition) is 0. The first-order valence-corrected chi connectivity index (χ1v) is 12.1. The summed E-state index contributed by atoms with van der Waals surface area (Å²) >= 11 is 1.36. The highest BCUT2D eigenvalue weighted by molar-refractivity contribution is 7.09. The maximum Gasteiger partial charge on any atom is 0.224 e. The van der Waals surface area contributed by atoms with Crippen LogP contribution in [0.5, 0.6) is 5.75 Å². The highest BCUT2D eigenvalue weighted by Gasteiger charge is 2.40. The molecule has 0 unspecified atom stereocenters. The molecule has 0 bridgehead atoms. The summed E-state index contributed by atoms with van der Waals surface area (Å²) in [5.74, 6) is 1.26. The number of hydrogen-bond acceptors (Lipinski definition) is 9. The van der Waals surface area contributed by atoms with Crippen LogP contribution in [0.1, 0.15) is 30.7 Å². The molecule has 2 aromatic rings. The second-order valence-corrected chi connectivity index (χ2v) is 8.97. The first kappa shape index (κ1) is 23.9. The molecule has 1 spiro atoms. The number of amides is 1. The minimum atomic E-state index is -0.465. The normalized spacial score (nSPS) is 17.5. The third kappa shape index (κ3) is 6.20. The van der Waals surface area contributed by atoms with Crippen molar-refractivity contribution in [1.29, 1.82) is 0 Å². The molecule has 1 aromatic heterocycles. The lowest BCUT2D eigenvalue weighted by atomic mass is 10.0. The number of likely N-dealkylation sites (tertiary alicyclic amines) is 1. The molecular weight excluding hydrogens is 444 g/mol. The number of aromatic nitrogens is 2. The zero-order valence-corrected chi connectivity index (χ0v) is 20.1. The maximum atomic E-state index is 12.9. The smallest absolute Gasteiger partial charge is 0.224 e. The molecule has 9 nitrogen and oxygen atoms in total. The largest absolute Gasteiger partial charge is 0.497 e. The van der Waals surface area contributed by atoms with Gasteiger partial charge in [0.05, 0.1) is 26.9 Å². The molecule has 2 aliphatic heterocycles. The van der Waals surface area contributed by atoms with Gasteiger partial charge in [0.1, 0.15) is 11.6 Å². The number of carbonyl (C=O) groups excluding carboxylic acids is 1. The van der Waals surface area contributed by atoms with E-state index >= 15 is 0 Å². The molecule has 0 saturated carbocycles. The van der Waals surface area contributed by atoms with Crippen LogP contribution in [0, 0.1) is 0 Å². The number of carbonyl (C=O) groups is 1. The topological polar surface area (TPSA) is 86.3 Å². The van der Waals surface area contributed by atoms with Gasteiger partial charge in [-0.15, -0.1) is 0 Å². The SMILES string of the molecule is COCCN(CCC(=O)N1CCC2(CC1)OCCO2)c1nc(Cc2cccc(OC)c2)ns1. The lowest BCUT2D eigenvalue weighted by Gasteiger charge is -2.37. The Kier molecular flexibility index (Phi) is 8.13. The number of piperidine rings is 1. The summed E-state index contributed by atoms with van der Waals surface area (Å²) in [5.41, 5.74) is 1.09. The highest BCUT2D eigenvalue weighted by Crippen LogP contribution is 2.31. The van der Waals surface area contributed by atoms with E-state index in [4.69, 9.17) is 23.9 Å². The van der Waals surface area contributed by atoms with Crippen LogP contribution in [-0.4, -0.2) is 86.2 Å². The Bertz CT molecular complexity index is 908. The minimum Gasteiger partial charge on any atom is -0.497 e. The van der Waals surface area contributed by atoms with E-state index in [9.17, 15) is 4.79 Å². The summed E-state index contributed by atoms with van der Waals surface area (Å²) in [4.78, 5) is 21.6. The molecule has 180 valence electrons. The van der Waals surface area contributed by atoms with E-state index in [1.807, 2.05) is 29.2 Å². The minimum absolute atomic E-state index is 0.145. The van der Waals surface area contributed by atoms with E-state index in [0.717, 1.165) is 35.1 Å². The standard InChI is InChI=1S/C23H32N4O5S/c1-29-13-12-27(9-6-21(28)26-10-7-23(8-11-26)31-14-15-32-23)22-24-20(25-33-22)17-18-4-3-5-19(16-18)30-2/h3-5,16H,6-15,17H2,1-2H3. The van der Waals surface area contributed by atoms with Crippen molar-refractivity contribution in [3.63, 3.8) is 0 Å². The zero-order valence-electron chi connectivity index (χ0n) is 19.3. The lowest BCUT2D eigenvalue weighted by Crippen LogP contribution is -2.47. The fraction of sp³-hybridized carbons (Fsp3) is 0.609. The molecule has 1 aromatic carbocycles. The van der Waals surface area contributed by atoms with Crippen LogP contribution in [0.25, 0.3) is 0 Å². The van der Waals surface area contributed by atoms with Gasteiger partial charge in [0, 0.05) is 70.5 Å². The van der Waals surface area contributed by atoms with Gasteiger partial charge < -0.3 is 28.7 Å². The van der Waals surface area contributed by atoms with Crippen molar-refractivity contribution in [2.24, 2.45) is 0 Å². The van der Waals surface area contributed by atoms with Gasteiger partial charge in [-0.25, -0.2) is 4.98 Å². The number of nitrogens with zero attached hydrogens (tertiary/aromatic N) is 4. The molecule has 0 N–H and O–H groups in total. The van der Waals surface area contributed by atoms with Gasteiger partial charge in [0.2, 0.25) is 11.0 Å². The van der Waals surface area contributed by atoms with Gasteiger partial charge in [0.25, 0.3) is 0 Å². The molecule has 10 heteroatoms. The number of benzene rings is 1. The van der Waals surface area contributed by atoms with Crippen molar-refractivity contribution in [2.75, 3.05) is 65.1 Å². The van der Waals surface area contributed by atoms with Crippen molar-refractivity contribution in [3.05, 3.63) is 35.7 Å². The van der Waals surface area contributed by atoms with Crippen molar-refractivity contribution in [2.45, 2.75) is 31.5 Å². The van der Waals surface area contributed by atoms with Gasteiger partial charge in [-0.2, -0.15) is 4.37 Å². The van der Waals surface area contributed by atoms with Crippen LogP contribution in [-0.2, 0) is 25.4 Å². The Morgan fingerprint density at radius 2 is 2.00 bits per heavy atom. The quantitative estimate of drug-likeness (QED) is 0.517. The van der Waals surface area contributed by atoms with Crippen molar-refractivity contribution in [3.8, 4) is 5.75 Å². The van der Waals surface area contributed by atoms with Crippen LogP contribution in [0.4, 0.5) is 5.13 Å². The molecule has 0 radical (unpaired) electrons. The Balaban J connectivity index is 1.32. The third-order valence-corrected chi connectivity index (χ3v) is 6.89. The van der Waals surface area contributed by atoms with Crippen LogP contribution < -0.4 is 9.64 Å². The van der Waals surface area contributed by atoms with E-state index in [0.29, 0.717) is 58.8 Å². The molecule has 2 aliphatic rings. The van der Waals surface area contributed by atoms with Crippen molar-refractivity contribution < 1.29 is 23.7 Å². The molecule has 2 fully saturated rings. The average molecular weight is 477 g/mol. The van der Waals surface area contributed by atoms with Gasteiger partial charge in [-0.1, -0.05) is 12.1 Å². The number of rotatable bonds is 10. The summed E-state index contributed by atoms with van der Waals surface area (Å²) in [6.45, 7) is 4.40. The molecule has 2 saturated heterocycles. The Labute approximate surface area is 198 Å². The van der Waals surface area contributed by atoms with Gasteiger partial charge in [0.15, 0.2) is 5.79 Å². The average Bonchev–Trinajstić information content (AvgIpc) is 3.49. The van der Waals surface area contributed by atoms with E-state index in [-0.39, 0.29) is 5.91 Å². The lowest BCUT2D eigenvalue weighted by molar-refractivity contribution is -0.187. The third-order valence-electron chi connectivity index (χ3n) is 6.08. The molecule has 1 amide bonds. The summed E-state index contributed by atoms with van der Waals surface area (Å²) in [6, 6.07) is 7.91. The summed E-state index contributed by atoms with van der Waals surface area (Å²) in [7, 11) is 3.33. The monoisotopic (exact) mass is 476 g/mol.